The third-order valence-corrected chi connectivity index (χ3v) is 10.4. The second-order valence-electron chi connectivity index (χ2n) is 11.3. The molecule has 4 aromatic rings. The summed E-state index contributed by atoms with van der Waals surface area (Å²) in [5, 5.41) is 8.82. The van der Waals surface area contributed by atoms with Gasteiger partial charge in [-0.25, -0.2) is 4.79 Å². The molecular formula is C38H39N3O5S2. The Balaban J connectivity index is 1.31. The Morgan fingerprint density at radius 3 is 2.33 bits per heavy atom. The van der Waals surface area contributed by atoms with E-state index in [4.69, 9.17) is 4.74 Å². The number of ether oxygens (including phenoxy) is 1. The first-order chi connectivity index (χ1) is 23.4. The number of fused-ring (bicyclic) bond motifs is 1. The molecule has 0 radical (unpaired) electrons. The highest BCUT2D eigenvalue weighted by molar-refractivity contribution is 8.00. The summed E-state index contributed by atoms with van der Waals surface area (Å²) in [6, 6.07) is 25.2. The summed E-state index contributed by atoms with van der Waals surface area (Å²) in [5.41, 5.74) is 3.29. The van der Waals surface area contributed by atoms with E-state index in [9.17, 15) is 19.2 Å². The first-order valence-electron chi connectivity index (χ1n) is 16.2. The fourth-order valence-electron chi connectivity index (χ4n) is 5.43. The van der Waals surface area contributed by atoms with Crippen molar-refractivity contribution in [1.82, 2.24) is 5.32 Å². The monoisotopic (exact) mass is 681 g/mol. The summed E-state index contributed by atoms with van der Waals surface area (Å²) in [6.45, 7) is 3.98. The van der Waals surface area contributed by atoms with Crippen molar-refractivity contribution in [2.45, 2.75) is 62.5 Å². The van der Waals surface area contributed by atoms with Crippen molar-refractivity contribution >= 4 is 63.6 Å². The minimum Gasteiger partial charge on any atom is -0.462 e. The van der Waals surface area contributed by atoms with Gasteiger partial charge >= 0.3 is 5.97 Å². The summed E-state index contributed by atoms with van der Waals surface area (Å²) in [7, 11) is 0. The predicted molar refractivity (Wildman–Crippen MR) is 193 cm³/mol. The van der Waals surface area contributed by atoms with Gasteiger partial charge in [-0.15, -0.1) is 23.1 Å². The molecule has 1 unspecified atom stereocenters. The van der Waals surface area contributed by atoms with Crippen LogP contribution < -0.4 is 16.0 Å². The van der Waals surface area contributed by atoms with Crippen LogP contribution in [0.4, 0.5) is 10.7 Å². The highest BCUT2D eigenvalue weighted by atomic mass is 32.2. The number of anilines is 2. The Bertz CT molecular complexity index is 1790. The number of thioether (sulfide) groups is 1. The molecule has 1 aromatic heterocycles. The Kier molecular flexibility index (Phi) is 12.2. The van der Waals surface area contributed by atoms with E-state index < -0.39 is 23.0 Å². The maximum Gasteiger partial charge on any atom is 0.341 e. The topological polar surface area (TPSA) is 114 Å². The molecule has 0 bridgehead atoms. The van der Waals surface area contributed by atoms with Gasteiger partial charge in [0.1, 0.15) is 10.7 Å². The van der Waals surface area contributed by atoms with E-state index >= 15 is 0 Å². The standard InChI is InChI=1S/C38H39N3O5S2/c1-3-31(36(44)41-37-33(38(45)46-4-2)29-21-12-7-13-22-32(29)48-37)47-28-20-14-19-27(24-28)39-35(43)30(23-25-15-8-5-9-16-25)40-34(42)26-17-10-6-11-18-26/h5-6,8-11,14-20,23-24,31H,3-4,7,12-13,21-22H2,1-2H3,(H,39,43)(H,40,42)(H,41,44)/b30-23-. The molecule has 3 amide bonds. The lowest BCUT2D eigenvalue weighted by molar-refractivity contribution is -0.116. The van der Waals surface area contributed by atoms with Gasteiger partial charge in [0, 0.05) is 21.0 Å². The van der Waals surface area contributed by atoms with Gasteiger partial charge in [0.05, 0.1) is 17.4 Å². The minimum atomic E-state index is -0.487. The average molecular weight is 682 g/mol. The first-order valence-corrected chi connectivity index (χ1v) is 17.9. The largest absolute Gasteiger partial charge is 0.462 e. The van der Waals surface area contributed by atoms with Gasteiger partial charge in [-0.1, -0.05) is 67.9 Å². The molecule has 3 aromatic carbocycles. The maximum absolute atomic E-state index is 13.6. The summed E-state index contributed by atoms with van der Waals surface area (Å²) in [4.78, 5) is 55.0. The molecule has 1 aliphatic rings. The van der Waals surface area contributed by atoms with Crippen molar-refractivity contribution in [1.29, 1.82) is 0 Å². The number of amides is 3. The third kappa shape index (κ3) is 9.02. The van der Waals surface area contributed by atoms with Gasteiger partial charge in [0.15, 0.2) is 0 Å². The Labute approximate surface area is 289 Å². The number of esters is 1. The summed E-state index contributed by atoms with van der Waals surface area (Å²) < 4.78 is 5.39. The molecule has 0 fully saturated rings. The molecule has 8 nitrogen and oxygen atoms in total. The number of hydrogen-bond acceptors (Lipinski definition) is 7. The van der Waals surface area contributed by atoms with Crippen LogP contribution in [0.1, 0.15) is 76.3 Å². The van der Waals surface area contributed by atoms with E-state index in [1.165, 1.54) is 23.1 Å². The van der Waals surface area contributed by atoms with Crippen LogP contribution in [-0.4, -0.2) is 35.5 Å². The SMILES string of the molecule is CCOC(=O)c1c(NC(=O)C(CC)Sc2cccc(NC(=O)/C(=C/c3ccccc3)NC(=O)c3ccccc3)c2)sc2c1CCCCC2. The lowest BCUT2D eigenvalue weighted by Crippen LogP contribution is -2.30. The van der Waals surface area contributed by atoms with Gasteiger partial charge < -0.3 is 20.7 Å². The lowest BCUT2D eigenvalue weighted by Gasteiger charge is -2.16. The van der Waals surface area contributed by atoms with Crippen LogP contribution in [0.25, 0.3) is 6.08 Å². The van der Waals surface area contributed by atoms with Crippen molar-refractivity contribution < 1.29 is 23.9 Å². The van der Waals surface area contributed by atoms with Crippen LogP contribution in [0.5, 0.6) is 0 Å². The number of aryl methyl sites for hydroxylation is 1. The van der Waals surface area contributed by atoms with Crippen LogP contribution >= 0.6 is 23.1 Å². The van der Waals surface area contributed by atoms with Crippen molar-refractivity contribution in [3.8, 4) is 0 Å². The van der Waals surface area contributed by atoms with Crippen LogP contribution in [0, 0.1) is 0 Å². The van der Waals surface area contributed by atoms with Gasteiger partial charge in [-0.2, -0.15) is 0 Å². The highest BCUT2D eigenvalue weighted by Crippen LogP contribution is 2.39. The zero-order valence-electron chi connectivity index (χ0n) is 27.0. The number of hydrogen-bond donors (Lipinski definition) is 3. The second-order valence-corrected chi connectivity index (χ2v) is 13.6. The number of carbonyl (C=O) groups is 4. The normalized spacial score (nSPS) is 13.4. The van der Waals surface area contributed by atoms with Crippen molar-refractivity contribution in [3.05, 3.63) is 118 Å². The molecule has 248 valence electrons. The van der Waals surface area contributed by atoms with Gasteiger partial charge in [-0.3, -0.25) is 14.4 Å². The van der Waals surface area contributed by atoms with E-state index in [0.29, 0.717) is 28.2 Å². The van der Waals surface area contributed by atoms with E-state index in [1.807, 2.05) is 49.4 Å². The van der Waals surface area contributed by atoms with E-state index in [1.54, 1.807) is 55.5 Å². The average Bonchev–Trinajstić information content (AvgIpc) is 3.27. The Morgan fingerprint density at radius 1 is 0.875 bits per heavy atom. The van der Waals surface area contributed by atoms with Gasteiger partial charge in [0.25, 0.3) is 11.8 Å². The van der Waals surface area contributed by atoms with E-state index in [0.717, 1.165) is 53.0 Å². The molecule has 0 spiro atoms. The number of carbonyl (C=O) groups excluding carboxylic acids is 4. The van der Waals surface area contributed by atoms with Crippen LogP contribution in [-0.2, 0) is 27.2 Å². The molecule has 0 saturated heterocycles. The molecule has 10 heteroatoms. The van der Waals surface area contributed by atoms with E-state index in [2.05, 4.69) is 16.0 Å². The first kappa shape index (κ1) is 34.7. The van der Waals surface area contributed by atoms with Crippen molar-refractivity contribution in [2.75, 3.05) is 17.2 Å². The Morgan fingerprint density at radius 2 is 1.60 bits per heavy atom. The van der Waals surface area contributed by atoms with Crippen LogP contribution in [0.15, 0.2) is 95.5 Å². The number of nitrogens with one attached hydrogen (secondary N) is 3. The van der Waals surface area contributed by atoms with Gasteiger partial charge in [-0.05, 0) is 86.6 Å². The fourth-order valence-corrected chi connectivity index (χ4v) is 7.73. The smallest absolute Gasteiger partial charge is 0.341 e. The molecule has 48 heavy (non-hydrogen) atoms. The third-order valence-electron chi connectivity index (χ3n) is 7.81. The number of benzene rings is 3. The highest BCUT2D eigenvalue weighted by Gasteiger charge is 2.28. The van der Waals surface area contributed by atoms with Crippen LogP contribution in [0.3, 0.4) is 0 Å². The number of thiophene rings is 1. The quantitative estimate of drug-likeness (QED) is 0.0603. The van der Waals surface area contributed by atoms with Gasteiger partial charge in [0.2, 0.25) is 5.91 Å². The predicted octanol–water partition coefficient (Wildman–Crippen LogP) is 8.11. The molecule has 1 aliphatic carbocycles. The summed E-state index contributed by atoms with van der Waals surface area (Å²) in [5.74, 6) is -1.48. The summed E-state index contributed by atoms with van der Waals surface area (Å²) >= 11 is 2.86. The molecule has 5 rings (SSSR count). The minimum absolute atomic E-state index is 0.0886. The van der Waals surface area contributed by atoms with Crippen molar-refractivity contribution in [3.63, 3.8) is 0 Å². The second kappa shape index (κ2) is 16.9. The zero-order chi connectivity index (χ0) is 33.9. The van der Waals surface area contributed by atoms with Crippen molar-refractivity contribution in [2.24, 2.45) is 0 Å². The lowest BCUT2D eigenvalue weighted by atomic mass is 10.1. The molecule has 1 atom stereocenters. The zero-order valence-corrected chi connectivity index (χ0v) is 28.7. The molecule has 0 aliphatic heterocycles. The Hall–Kier alpha value is -4.67. The van der Waals surface area contributed by atoms with Crippen LogP contribution in [0.2, 0.25) is 0 Å². The molecule has 1 heterocycles. The maximum atomic E-state index is 13.6. The molecule has 3 N–H and O–H groups in total. The fraction of sp³-hybridized carbons (Fsp3) is 0.263. The molecular weight excluding hydrogens is 643 g/mol. The number of rotatable bonds is 12. The summed E-state index contributed by atoms with van der Waals surface area (Å²) in [6.07, 6.45) is 7.05. The van der Waals surface area contributed by atoms with E-state index in [-0.39, 0.29) is 18.2 Å². The molecule has 0 saturated carbocycles.